The van der Waals surface area contributed by atoms with Gasteiger partial charge in [0.05, 0.1) is 11.0 Å². The molecule has 4 atom stereocenters. The highest BCUT2D eigenvalue weighted by atomic mass is 32.2. The van der Waals surface area contributed by atoms with E-state index < -0.39 is 10.0 Å². The van der Waals surface area contributed by atoms with Gasteiger partial charge in [0.15, 0.2) is 0 Å². The molecule has 2 saturated heterocycles. The molecule has 102 valence electrons. The Kier molecular flexibility index (Phi) is 2.38. The molecule has 4 nitrogen and oxygen atoms in total. The molecule has 1 aromatic carbocycles. The van der Waals surface area contributed by atoms with Gasteiger partial charge in [0.25, 0.3) is 0 Å². The Bertz CT molecular complexity index is 608. The number of aryl methyl sites for hydroxylation is 1. The Balaban J connectivity index is 1.70. The minimum atomic E-state index is -3.41. The second-order valence-electron chi connectivity index (χ2n) is 5.93. The van der Waals surface area contributed by atoms with Gasteiger partial charge in [0.2, 0.25) is 10.0 Å². The molecule has 3 aliphatic rings. The SMILES string of the molecule is Cc1ccc(S(=O)(=O)N2CC3CC4CC3C2O4)cc1. The van der Waals surface area contributed by atoms with Crippen LogP contribution < -0.4 is 0 Å². The van der Waals surface area contributed by atoms with E-state index in [0.29, 0.717) is 29.4 Å². The summed E-state index contributed by atoms with van der Waals surface area (Å²) in [5.41, 5.74) is 1.07. The number of ether oxygens (including phenoxy) is 1. The van der Waals surface area contributed by atoms with E-state index in [-0.39, 0.29) is 6.23 Å². The molecule has 2 aliphatic heterocycles. The molecule has 0 N–H and O–H groups in total. The minimum Gasteiger partial charge on any atom is -0.359 e. The lowest BCUT2D eigenvalue weighted by Gasteiger charge is -2.24. The van der Waals surface area contributed by atoms with Crippen molar-refractivity contribution in [2.24, 2.45) is 11.8 Å². The van der Waals surface area contributed by atoms with Crippen molar-refractivity contribution < 1.29 is 13.2 Å². The molecule has 0 spiro atoms. The molecular weight excluding hydrogens is 262 g/mol. The number of benzene rings is 1. The predicted molar refractivity (Wildman–Crippen MR) is 69.9 cm³/mol. The van der Waals surface area contributed by atoms with Crippen LogP contribution in [0, 0.1) is 18.8 Å². The summed E-state index contributed by atoms with van der Waals surface area (Å²) in [6.45, 7) is 2.58. The lowest BCUT2D eigenvalue weighted by molar-refractivity contribution is -0.0261. The lowest BCUT2D eigenvalue weighted by Crippen LogP contribution is -2.37. The summed E-state index contributed by atoms with van der Waals surface area (Å²) in [6, 6.07) is 7.07. The van der Waals surface area contributed by atoms with Gasteiger partial charge in [-0.05, 0) is 37.8 Å². The monoisotopic (exact) mass is 279 g/mol. The molecular formula is C14H17NO3S. The van der Waals surface area contributed by atoms with Crippen LogP contribution in [0.15, 0.2) is 29.2 Å². The van der Waals surface area contributed by atoms with Gasteiger partial charge in [-0.15, -0.1) is 0 Å². The third-order valence-corrected chi connectivity index (χ3v) is 6.57. The van der Waals surface area contributed by atoms with Crippen LogP contribution in [-0.2, 0) is 14.8 Å². The maximum absolute atomic E-state index is 12.7. The van der Waals surface area contributed by atoms with Crippen molar-refractivity contribution in [3.05, 3.63) is 29.8 Å². The van der Waals surface area contributed by atoms with Gasteiger partial charge in [-0.1, -0.05) is 17.7 Å². The second-order valence-corrected chi connectivity index (χ2v) is 7.82. The van der Waals surface area contributed by atoms with Crippen molar-refractivity contribution in [3.63, 3.8) is 0 Å². The van der Waals surface area contributed by atoms with E-state index in [9.17, 15) is 8.42 Å². The first kappa shape index (κ1) is 11.9. The highest BCUT2D eigenvalue weighted by Gasteiger charge is 2.58. The molecule has 0 radical (unpaired) electrons. The Hall–Kier alpha value is -0.910. The lowest BCUT2D eigenvalue weighted by atomic mass is 9.99. The normalized spacial score (nSPS) is 37.1. The molecule has 1 saturated carbocycles. The highest BCUT2D eigenvalue weighted by molar-refractivity contribution is 7.89. The van der Waals surface area contributed by atoms with Crippen LogP contribution in [0.4, 0.5) is 0 Å². The highest BCUT2D eigenvalue weighted by Crippen LogP contribution is 2.51. The van der Waals surface area contributed by atoms with Crippen LogP contribution in [0.3, 0.4) is 0 Å². The average Bonchev–Trinajstić information content (AvgIpc) is 2.97. The Morgan fingerprint density at radius 1 is 1.21 bits per heavy atom. The molecule has 4 rings (SSSR count). The van der Waals surface area contributed by atoms with Crippen molar-refractivity contribution in [2.75, 3.05) is 6.54 Å². The number of rotatable bonds is 2. The molecule has 1 aromatic rings. The fourth-order valence-corrected chi connectivity index (χ4v) is 5.39. The smallest absolute Gasteiger partial charge is 0.245 e. The topological polar surface area (TPSA) is 46.6 Å². The number of fused-ring (bicyclic) bond motifs is 1. The van der Waals surface area contributed by atoms with Gasteiger partial charge in [0, 0.05) is 12.5 Å². The van der Waals surface area contributed by atoms with Crippen LogP contribution in [-0.4, -0.2) is 31.6 Å². The largest absolute Gasteiger partial charge is 0.359 e. The van der Waals surface area contributed by atoms with Gasteiger partial charge in [-0.25, -0.2) is 8.42 Å². The Morgan fingerprint density at radius 2 is 1.95 bits per heavy atom. The maximum Gasteiger partial charge on any atom is 0.245 e. The molecule has 1 aliphatic carbocycles. The fourth-order valence-electron chi connectivity index (χ4n) is 3.77. The number of nitrogens with zero attached hydrogens (tertiary/aromatic N) is 1. The van der Waals surface area contributed by atoms with E-state index in [1.807, 2.05) is 19.1 Å². The van der Waals surface area contributed by atoms with E-state index in [2.05, 4.69) is 0 Å². The summed E-state index contributed by atoms with van der Waals surface area (Å²) in [5.74, 6) is 0.925. The zero-order valence-corrected chi connectivity index (χ0v) is 11.6. The van der Waals surface area contributed by atoms with Crippen molar-refractivity contribution in [1.82, 2.24) is 4.31 Å². The Labute approximate surface area is 113 Å². The van der Waals surface area contributed by atoms with Gasteiger partial charge < -0.3 is 4.74 Å². The zero-order valence-electron chi connectivity index (χ0n) is 10.8. The first-order valence-corrected chi connectivity index (χ1v) is 8.24. The number of hydrogen-bond donors (Lipinski definition) is 0. The third-order valence-electron chi connectivity index (χ3n) is 4.73. The van der Waals surface area contributed by atoms with E-state index in [0.717, 1.165) is 18.4 Å². The zero-order chi connectivity index (χ0) is 13.2. The predicted octanol–water partition coefficient (Wildman–Crippen LogP) is 1.75. The summed E-state index contributed by atoms with van der Waals surface area (Å²) in [5, 5.41) is 0. The van der Waals surface area contributed by atoms with Crippen LogP contribution in [0.5, 0.6) is 0 Å². The summed E-state index contributed by atoms with van der Waals surface area (Å²) in [7, 11) is -3.41. The second kappa shape index (κ2) is 3.81. The minimum absolute atomic E-state index is 0.213. The van der Waals surface area contributed by atoms with Gasteiger partial charge in [0.1, 0.15) is 6.23 Å². The van der Waals surface area contributed by atoms with Crippen LogP contribution in [0.1, 0.15) is 18.4 Å². The van der Waals surface area contributed by atoms with Crippen LogP contribution in [0.25, 0.3) is 0 Å². The summed E-state index contributed by atoms with van der Waals surface area (Å²) in [6.07, 6.45) is 2.14. The first-order chi connectivity index (χ1) is 9.05. The molecule has 19 heavy (non-hydrogen) atoms. The standard InChI is InChI=1S/C14H17NO3S/c1-9-2-4-12(5-3-9)19(16,17)15-8-10-6-11-7-13(10)14(15)18-11/h2-5,10-11,13-14H,6-8H2,1H3. The fraction of sp³-hybridized carbons (Fsp3) is 0.571. The van der Waals surface area contributed by atoms with Crippen molar-refractivity contribution in [2.45, 2.75) is 37.0 Å². The van der Waals surface area contributed by atoms with Crippen molar-refractivity contribution in [3.8, 4) is 0 Å². The van der Waals surface area contributed by atoms with Gasteiger partial charge in [-0.2, -0.15) is 4.31 Å². The maximum atomic E-state index is 12.7. The molecule has 5 heteroatoms. The van der Waals surface area contributed by atoms with E-state index in [1.165, 1.54) is 0 Å². The molecule has 0 aromatic heterocycles. The van der Waals surface area contributed by atoms with E-state index >= 15 is 0 Å². The third kappa shape index (κ3) is 1.61. The van der Waals surface area contributed by atoms with Gasteiger partial charge >= 0.3 is 0 Å². The first-order valence-electron chi connectivity index (χ1n) is 6.80. The van der Waals surface area contributed by atoms with Crippen LogP contribution >= 0.6 is 0 Å². The van der Waals surface area contributed by atoms with Crippen molar-refractivity contribution in [1.29, 1.82) is 0 Å². The Morgan fingerprint density at radius 3 is 2.58 bits per heavy atom. The molecule has 0 amide bonds. The van der Waals surface area contributed by atoms with E-state index in [4.69, 9.17) is 4.74 Å². The molecule has 2 heterocycles. The average molecular weight is 279 g/mol. The summed E-state index contributed by atoms with van der Waals surface area (Å²) >= 11 is 0. The molecule has 2 bridgehead atoms. The van der Waals surface area contributed by atoms with Gasteiger partial charge in [-0.3, -0.25) is 0 Å². The molecule has 4 unspecified atom stereocenters. The van der Waals surface area contributed by atoms with Crippen molar-refractivity contribution >= 4 is 10.0 Å². The molecule has 3 fully saturated rings. The van der Waals surface area contributed by atoms with Crippen LogP contribution in [0.2, 0.25) is 0 Å². The quantitative estimate of drug-likeness (QED) is 0.828. The number of sulfonamides is 1. The summed E-state index contributed by atoms with van der Waals surface area (Å²) in [4.78, 5) is 0.381. The number of hydrogen-bond acceptors (Lipinski definition) is 3. The summed E-state index contributed by atoms with van der Waals surface area (Å²) < 4.78 is 32.8. The van der Waals surface area contributed by atoms with E-state index in [1.54, 1.807) is 16.4 Å².